The van der Waals surface area contributed by atoms with Gasteiger partial charge in [-0.1, -0.05) is 29.5 Å². The SMILES string of the molecule is COc1ccccc1CNS(=O)(=O)c1ccc2c(c1)sc(=O)n2C. The Morgan fingerprint density at radius 2 is 1.96 bits per heavy atom. The topological polar surface area (TPSA) is 77.4 Å². The fraction of sp³-hybridized carbons (Fsp3) is 0.188. The second-order valence-corrected chi connectivity index (χ2v) is 7.95. The molecule has 0 atom stereocenters. The summed E-state index contributed by atoms with van der Waals surface area (Å²) in [4.78, 5) is 11.7. The smallest absolute Gasteiger partial charge is 0.307 e. The maximum absolute atomic E-state index is 12.5. The van der Waals surface area contributed by atoms with Gasteiger partial charge in [0.2, 0.25) is 10.0 Å². The fourth-order valence-electron chi connectivity index (χ4n) is 2.39. The minimum absolute atomic E-state index is 0.120. The third-order valence-electron chi connectivity index (χ3n) is 3.72. The molecule has 24 heavy (non-hydrogen) atoms. The van der Waals surface area contributed by atoms with Crippen LogP contribution in [0.4, 0.5) is 0 Å². The maximum atomic E-state index is 12.5. The van der Waals surface area contributed by atoms with Gasteiger partial charge in [0.25, 0.3) is 0 Å². The highest BCUT2D eigenvalue weighted by atomic mass is 32.2. The molecule has 0 bridgehead atoms. The van der Waals surface area contributed by atoms with E-state index in [1.54, 1.807) is 32.4 Å². The third-order valence-corrected chi connectivity index (χ3v) is 6.11. The molecule has 126 valence electrons. The quantitative estimate of drug-likeness (QED) is 0.752. The number of para-hydroxylation sites is 1. The number of sulfonamides is 1. The summed E-state index contributed by atoms with van der Waals surface area (Å²) in [7, 11) is -0.486. The van der Waals surface area contributed by atoms with Gasteiger partial charge in [-0.25, -0.2) is 13.1 Å². The summed E-state index contributed by atoms with van der Waals surface area (Å²) in [5, 5.41) is 0. The molecule has 8 heteroatoms. The van der Waals surface area contributed by atoms with Gasteiger partial charge in [0.1, 0.15) is 5.75 Å². The zero-order chi connectivity index (χ0) is 17.3. The monoisotopic (exact) mass is 364 g/mol. The van der Waals surface area contributed by atoms with E-state index in [4.69, 9.17) is 4.74 Å². The molecule has 3 aromatic rings. The first-order chi connectivity index (χ1) is 11.4. The maximum Gasteiger partial charge on any atom is 0.307 e. The number of hydrogen-bond acceptors (Lipinski definition) is 5. The molecule has 1 aromatic heterocycles. The van der Waals surface area contributed by atoms with E-state index < -0.39 is 10.0 Å². The fourth-order valence-corrected chi connectivity index (χ4v) is 4.41. The van der Waals surface area contributed by atoms with Gasteiger partial charge in [-0.2, -0.15) is 0 Å². The first-order valence-electron chi connectivity index (χ1n) is 7.13. The van der Waals surface area contributed by atoms with Crippen molar-refractivity contribution in [1.82, 2.24) is 9.29 Å². The van der Waals surface area contributed by atoms with E-state index in [0.717, 1.165) is 16.9 Å². The molecule has 0 aliphatic carbocycles. The van der Waals surface area contributed by atoms with Crippen molar-refractivity contribution in [3.63, 3.8) is 0 Å². The highest BCUT2D eigenvalue weighted by molar-refractivity contribution is 7.89. The number of hydrogen-bond donors (Lipinski definition) is 1. The summed E-state index contributed by atoms with van der Waals surface area (Å²) >= 11 is 1.02. The lowest BCUT2D eigenvalue weighted by Crippen LogP contribution is -2.23. The second kappa shape index (κ2) is 6.39. The lowest BCUT2D eigenvalue weighted by molar-refractivity contribution is 0.409. The molecule has 0 radical (unpaired) electrons. The third kappa shape index (κ3) is 3.08. The molecule has 0 unspecified atom stereocenters. The minimum atomic E-state index is -3.69. The Kier molecular flexibility index (Phi) is 4.44. The zero-order valence-corrected chi connectivity index (χ0v) is 14.8. The Hall–Kier alpha value is -2.16. The van der Waals surface area contributed by atoms with Gasteiger partial charge in [-0.3, -0.25) is 4.79 Å². The number of fused-ring (bicyclic) bond motifs is 1. The van der Waals surface area contributed by atoms with E-state index in [1.165, 1.54) is 16.7 Å². The molecule has 6 nitrogen and oxygen atoms in total. The molecule has 2 aromatic carbocycles. The first-order valence-corrected chi connectivity index (χ1v) is 9.43. The Morgan fingerprint density at radius 1 is 1.21 bits per heavy atom. The van der Waals surface area contributed by atoms with Gasteiger partial charge in [0.15, 0.2) is 0 Å². The van der Waals surface area contributed by atoms with Crippen molar-refractivity contribution in [2.45, 2.75) is 11.4 Å². The van der Waals surface area contributed by atoms with Crippen LogP contribution in [0, 0.1) is 0 Å². The van der Waals surface area contributed by atoms with Crippen molar-refractivity contribution < 1.29 is 13.2 Å². The first kappa shape index (κ1) is 16.7. The van der Waals surface area contributed by atoms with Crippen molar-refractivity contribution in [3.05, 3.63) is 57.7 Å². The molecular weight excluding hydrogens is 348 g/mol. The summed E-state index contributed by atoms with van der Waals surface area (Å²) in [5.41, 5.74) is 1.46. The number of methoxy groups -OCH3 is 1. The molecule has 0 saturated carbocycles. The Morgan fingerprint density at radius 3 is 2.71 bits per heavy atom. The molecule has 0 saturated heterocycles. The molecule has 3 rings (SSSR count). The van der Waals surface area contributed by atoms with Crippen LogP contribution >= 0.6 is 11.3 Å². The van der Waals surface area contributed by atoms with Crippen LogP contribution < -0.4 is 14.3 Å². The average Bonchev–Trinajstić information content (AvgIpc) is 2.87. The number of nitrogens with zero attached hydrogens (tertiary/aromatic N) is 1. The molecule has 0 fully saturated rings. The highest BCUT2D eigenvalue weighted by Gasteiger charge is 2.16. The lowest BCUT2D eigenvalue weighted by Gasteiger charge is -2.10. The molecular formula is C16H16N2O4S2. The zero-order valence-electron chi connectivity index (χ0n) is 13.1. The van der Waals surface area contributed by atoms with Crippen molar-refractivity contribution in [2.24, 2.45) is 7.05 Å². The largest absolute Gasteiger partial charge is 0.496 e. The van der Waals surface area contributed by atoms with E-state index in [2.05, 4.69) is 4.72 Å². The van der Waals surface area contributed by atoms with Crippen LogP contribution in [0.25, 0.3) is 10.2 Å². The average molecular weight is 364 g/mol. The normalized spacial score (nSPS) is 11.8. The number of aromatic nitrogens is 1. The second-order valence-electron chi connectivity index (χ2n) is 5.19. The Bertz CT molecular complexity index is 1050. The Labute approximate surface area is 143 Å². The summed E-state index contributed by atoms with van der Waals surface area (Å²) in [6.07, 6.45) is 0. The van der Waals surface area contributed by atoms with Crippen LogP contribution in [-0.4, -0.2) is 20.1 Å². The number of rotatable bonds is 5. The Balaban J connectivity index is 1.89. The van der Waals surface area contributed by atoms with E-state index in [-0.39, 0.29) is 16.3 Å². The number of aryl methyl sites for hydroxylation is 1. The predicted octanol–water partition coefficient (Wildman–Crippen LogP) is 2.09. The molecule has 1 heterocycles. The van der Waals surface area contributed by atoms with Crippen LogP contribution in [0.1, 0.15) is 5.56 Å². The molecule has 0 aliphatic rings. The number of benzene rings is 2. The molecule has 0 spiro atoms. The number of nitrogens with one attached hydrogen (secondary N) is 1. The number of thiazole rings is 1. The van der Waals surface area contributed by atoms with Gasteiger partial charge in [-0.15, -0.1) is 0 Å². The summed E-state index contributed by atoms with van der Waals surface area (Å²) < 4.78 is 34.9. The lowest BCUT2D eigenvalue weighted by atomic mass is 10.2. The van der Waals surface area contributed by atoms with E-state index in [1.807, 2.05) is 12.1 Å². The van der Waals surface area contributed by atoms with Crippen LogP contribution in [0.5, 0.6) is 5.75 Å². The van der Waals surface area contributed by atoms with Crippen molar-refractivity contribution in [2.75, 3.05) is 7.11 Å². The van der Waals surface area contributed by atoms with Gasteiger partial charge < -0.3 is 9.30 Å². The minimum Gasteiger partial charge on any atom is -0.496 e. The summed E-state index contributed by atoms with van der Waals surface area (Å²) in [6.45, 7) is 0.120. The van der Waals surface area contributed by atoms with Crippen molar-refractivity contribution >= 4 is 31.6 Å². The highest BCUT2D eigenvalue weighted by Crippen LogP contribution is 2.22. The van der Waals surface area contributed by atoms with Gasteiger partial charge in [-0.05, 0) is 24.3 Å². The summed E-state index contributed by atoms with van der Waals surface area (Å²) in [5.74, 6) is 0.622. The van der Waals surface area contributed by atoms with Crippen molar-refractivity contribution in [3.8, 4) is 5.75 Å². The molecule has 0 aliphatic heterocycles. The van der Waals surface area contributed by atoms with Crippen LogP contribution in [0.3, 0.4) is 0 Å². The van der Waals surface area contributed by atoms with E-state index in [9.17, 15) is 13.2 Å². The van der Waals surface area contributed by atoms with Crippen molar-refractivity contribution in [1.29, 1.82) is 0 Å². The molecule has 0 amide bonds. The van der Waals surface area contributed by atoms with Crippen LogP contribution in [0.15, 0.2) is 52.2 Å². The standard InChI is InChI=1S/C16H16N2O4S2/c1-18-13-8-7-12(9-15(13)23-16(18)19)24(20,21)17-10-11-5-3-4-6-14(11)22-2/h3-9,17H,10H2,1-2H3. The van der Waals surface area contributed by atoms with Crippen LogP contribution in [-0.2, 0) is 23.6 Å². The predicted molar refractivity (Wildman–Crippen MR) is 94.1 cm³/mol. The molecule has 1 N–H and O–H groups in total. The number of ether oxygens (including phenoxy) is 1. The van der Waals surface area contributed by atoms with E-state index in [0.29, 0.717) is 16.0 Å². The van der Waals surface area contributed by atoms with E-state index >= 15 is 0 Å². The van der Waals surface area contributed by atoms with Gasteiger partial charge in [0.05, 0.1) is 22.2 Å². The summed E-state index contributed by atoms with van der Waals surface area (Å²) in [6, 6.07) is 11.9. The van der Waals surface area contributed by atoms with Gasteiger partial charge in [0, 0.05) is 19.2 Å². The van der Waals surface area contributed by atoms with Gasteiger partial charge >= 0.3 is 4.87 Å². The van der Waals surface area contributed by atoms with Crippen LogP contribution in [0.2, 0.25) is 0 Å².